The molecule has 1 spiro atoms. The number of phenolic OH excluding ortho intramolecular Hbond substituents is 1. The number of carbonyl (C=O) groups is 1. The zero-order valence-electron chi connectivity index (χ0n) is 12.2. The van der Waals surface area contributed by atoms with Gasteiger partial charge >= 0.3 is 0 Å². The van der Waals surface area contributed by atoms with Crippen LogP contribution in [-0.2, 0) is 16.6 Å². The van der Waals surface area contributed by atoms with Gasteiger partial charge in [-0.25, -0.2) is 0 Å². The minimum atomic E-state index is -0.353. The lowest BCUT2D eigenvalue weighted by molar-refractivity contribution is -0.919. The van der Waals surface area contributed by atoms with Crippen molar-refractivity contribution < 1.29 is 19.5 Å². The number of piperidine rings is 1. The molecular weight excluding hydrogens is 266 g/mol. The van der Waals surface area contributed by atoms with Crippen molar-refractivity contribution >= 4 is 5.78 Å². The first-order valence-corrected chi connectivity index (χ1v) is 8.00. The van der Waals surface area contributed by atoms with E-state index in [2.05, 4.69) is 7.05 Å². The van der Waals surface area contributed by atoms with Gasteiger partial charge in [0.1, 0.15) is 0 Å². The first kappa shape index (κ1) is 12.0. The van der Waals surface area contributed by atoms with E-state index in [1.807, 2.05) is 6.07 Å². The molecule has 0 aromatic heterocycles. The van der Waals surface area contributed by atoms with Crippen molar-refractivity contribution in [3.05, 3.63) is 23.3 Å². The van der Waals surface area contributed by atoms with E-state index in [-0.39, 0.29) is 23.1 Å². The number of quaternary nitrogens is 1. The van der Waals surface area contributed by atoms with E-state index < -0.39 is 0 Å². The normalized spacial score (nSPS) is 42.4. The van der Waals surface area contributed by atoms with E-state index in [0.29, 0.717) is 24.1 Å². The number of ketones is 1. The van der Waals surface area contributed by atoms with Gasteiger partial charge < -0.3 is 14.7 Å². The number of benzene rings is 1. The number of likely N-dealkylation sites (tertiary alicyclic amines) is 1. The van der Waals surface area contributed by atoms with Gasteiger partial charge in [0.15, 0.2) is 23.4 Å². The molecule has 110 valence electrons. The lowest BCUT2D eigenvalue weighted by Gasteiger charge is -2.54. The van der Waals surface area contributed by atoms with Crippen LogP contribution in [0.1, 0.15) is 30.4 Å². The third-order valence-corrected chi connectivity index (χ3v) is 6.54. The fourth-order valence-corrected chi connectivity index (χ4v) is 5.67. The highest BCUT2D eigenvalue weighted by Crippen LogP contribution is 2.61. The molecule has 1 saturated heterocycles. The molecule has 1 saturated carbocycles. The summed E-state index contributed by atoms with van der Waals surface area (Å²) in [6.45, 7) is 1.09. The molecule has 0 amide bonds. The molecule has 2 fully saturated rings. The lowest BCUT2D eigenvalue weighted by Crippen LogP contribution is -3.16. The molecule has 1 aromatic rings. The third-order valence-electron chi connectivity index (χ3n) is 6.54. The Morgan fingerprint density at radius 1 is 1.43 bits per heavy atom. The number of nitrogens with one attached hydrogen (secondary N) is 1. The topological polar surface area (TPSA) is 51.0 Å². The maximum atomic E-state index is 12.5. The fourth-order valence-electron chi connectivity index (χ4n) is 5.67. The Morgan fingerprint density at radius 2 is 2.29 bits per heavy atom. The summed E-state index contributed by atoms with van der Waals surface area (Å²) in [5.74, 6) is 1.56. The summed E-state index contributed by atoms with van der Waals surface area (Å²) in [5, 5.41) is 10.2. The van der Waals surface area contributed by atoms with Crippen molar-refractivity contribution in [2.45, 2.75) is 43.2 Å². The van der Waals surface area contributed by atoms with Crippen molar-refractivity contribution in [1.29, 1.82) is 0 Å². The van der Waals surface area contributed by atoms with Crippen LogP contribution in [0.25, 0.3) is 0 Å². The Labute approximate surface area is 123 Å². The predicted molar refractivity (Wildman–Crippen MR) is 75.8 cm³/mol. The maximum Gasteiger partial charge on any atom is 0.174 e. The van der Waals surface area contributed by atoms with Gasteiger partial charge in [0.2, 0.25) is 0 Å². The molecule has 5 atom stereocenters. The molecule has 4 nitrogen and oxygen atoms in total. The largest absolute Gasteiger partial charge is 0.504 e. The number of ether oxygens (including phenoxy) is 1. The van der Waals surface area contributed by atoms with Crippen LogP contribution in [0.2, 0.25) is 0 Å². The number of carbonyl (C=O) groups excluding carboxylic acids is 1. The van der Waals surface area contributed by atoms with E-state index in [0.717, 1.165) is 25.8 Å². The van der Waals surface area contributed by atoms with Crippen molar-refractivity contribution in [3.63, 3.8) is 0 Å². The van der Waals surface area contributed by atoms with Gasteiger partial charge in [-0.15, -0.1) is 0 Å². The molecule has 2 N–H and O–H groups in total. The Kier molecular flexibility index (Phi) is 2.07. The number of likely N-dealkylation sites (N-methyl/N-ethyl adjacent to an activating group) is 1. The highest BCUT2D eigenvalue weighted by Gasteiger charge is 2.67. The first-order chi connectivity index (χ1) is 10.1. The van der Waals surface area contributed by atoms with E-state index in [1.54, 1.807) is 11.0 Å². The number of hydrogen-bond acceptors (Lipinski definition) is 3. The molecule has 5 rings (SSSR count). The van der Waals surface area contributed by atoms with Crippen LogP contribution in [0, 0.1) is 5.92 Å². The number of phenols is 1. The number of hydrogen-bond donors (Lipinski definition) is 2. The lowest BCUT2D eigenvalue weighted by atomic mass is 9.52. The molecule has 2 aliphatic carbocycles. The van der Waals surface area contributed by atoms with Crippen molar-refractivity contribution in [1.82, 2.24) is 0 Å². The van der Waals surface area contributed by atoms with Gasteiger partial charge in [-0.2, -0.15) is 0 Å². The molecule has 21 heavy (non-hydrogen) atoms. The quantitative estimate of drug-likeness (QED) is 0.717. The molecular formula is C17H20NO3+. The van der Waals surface area contributed by atoms with Crippen molar-refractivity contribution in [2.75, 3.05) is 13.6 Å². The second-order valence-electron chi connectivity index (χ2n) is 7.25. The predicted octanol–water partition coefficient (Wildman–Crippen LogP) is 0.213. The Hall–Kier alpha value is -1.55. The highest BCUT2D eigenvalue weighted by molar-refractivity contribution is 5.89. The third kappa shape index (κ3) is 1.20. The SMILES string of the molecule is C[NH+]1CC[C@@]23c4c5ccc(O)c4O[C@@H]2C(=O)CC[C@@H]3[C@@H]1C5. The second kappa shape index (κ2) is 3.61. The first-order valence-electron chi connectivity index (χ1n) is 8.00. The molecule has 4 aliphatic rings. The monoisotopic (exact) mass is 286 g/mol. The number of rotatable bonds is 0. The summed E-state index contributed by atoms with van der Waals surface area (Å²) in [4.78, 5) is 14.1. The summed E-state index contributed by atoms with van der Waals surface area (Å²) >= 11 is 0. The Balaban J connectivity index is 1.83. The van der Waals surface area contributed by atoms with E-state index >= 15 is 0 Å². The summed E-state index contributed by atoms with van der Waals surface area (Å²) in [6, 6.07) is 4.36. The highest BCUT2D eigenvalue weighted by atomic mass is 16.5. The molecule has 0 radical (unpaired) electrons. The van der Waals surface area contributed by atoms with Gasteiger partial charge in [0.25, 0.3) is 0 Å². The van der Waals surface area contributed by atoms with Crippen LogP contribution in [0.4, 0.5) is 0 Å². The minimum absolute atomic E-state index is 0.152. The second-order valence-corrected chi connectivity index (χ2v) is 7.25. The maximum absolute atomic E-state index is 12.5. The van der Waals surface area contributed by atoms with E-state index in [9.17, 15) is 9.90 Å². The number of Topliss-reactive ketones (excluding diaryl/α,β-unsaturated/α-hetero) is 1. The summed E-state index contributed by atoms with van der Waals surface area (Å²) in [7, 11) is 2.28. The zero-order chi connectivity index (χ0) is 14.4. The van der Waals surface area contributed by atoms with Gasteiger partial charge in [0.05, 0.1) is 25.0 Å². The summed E-state index contributed by atoms with van der Waals surface area (Å²) in [5.41, 5.74) is 2.32. The van der Waals surface area contributed by atoms with Crippen molar-refractivity contribution in [2.24, 2.45) is 5.92 Å². The molecule has 4 heteroatoms. The molecule has 1 unspecified atom stereocenters. The van der Waals surface area contributed by atoms with Crippen LogP contribution in [-0.4, -0.2) is 36.6 Å². The average molecular weight is 286 g/mol. The van der Waals surface area contributed by atoms with Gasteiger partial charge in [0, 0.05) is 30.7 Å². The van der Waals surface area contributed by atoms with Crippen LogP contribution >= 0.6 is 0 Å². The average Bonchev–Trinajstić information content (AvgIpc) is 2.83. The van der Waals surface area contributed by atoms with Crippen LogP contribution in [0.15, 0.2) is 12.1 Å². The zero-order valence-corrected chi connectivity index (χ0v) is 12.2. The molecule has 2 heterocycles. The minimum Gasteiger partial charge on any atom is -0.504 e. The molecule has 2 aliphatic heterocycles. The Bertz CT molecular complexity index is 670. The summed E-state index contributed by atoms with van der Waals surface area (Å²) in [6.07, 6.45) is 3.31. The molecule has 1 aromatic carbocycles. The summed E-state index contributed by atoms with van der Waals surface area (Å²) < 4.78 is 6.05. The molecule has 2 bridgehead atoms. The fraction of sp³-hybridized carbons (Fsp3) is 0.588. The Morgan fingerprint density at radius 3 is 3.14 bits per heavy atom. The van der Waals surface area contributed by atoms with Crippen molar-refractivity contribution in [3.8, 4) is 11.5 Å². The van der Waals surface area contributed by atoms with E-state index in [1.165, 1.54) is 11.1 Å². The van der Waals surface area contributed by atoms with Crippen LogP contribution in [0.3, 0.4) is 0 Å². The van der Waals surface area contributed by atoms with Crippen LogP contribution < -0.4 is 9.64 Å². The standard InChI is InChI=1S/C17H19NO3/c1-18-7-6-17-10-3-5-13(20)16(17)21-15-12(19)4-2-9(14(15)17)8-11(10)18/h2,4,10-11,16,19H,3,5-8H2,1H3/p+1/t10-,11+,16-,17-/m1/s1. The van der Waals surface area contributed by atoms with E-state index in [4.69, 9.17) is 4.74 Å². The van der Waals surface area contributed by atoms with Gasteiger partial charge in [-0.05, 0) is 18.1 Å². The smallest absolute Gasteiger partial charge is 0.174 e. The van der Waals surface area contributed by atoms with Gasteiger partial charge in [-0.3, -0.25) is 4.79 Å². The van der Waals surface area contributed by atoms with Gasteiger partial charge in [-0.1, -0.05) is 6.07 Å². The van der Waals surface area contributed by atoms with Crippen LogP contribution in [0.5, 0.6) is 11.5 Å². The number of aromatic hydroxyl groups is 1.